The highest BCUT2D eigenvalue weighted by atomic mass is 32.1. The first-order chi connectivity index (χ1) is 5.70. The Morgan fingerprint density at radius 3 is 2.92 bits per heavy atom. The van der Waals surface area contributed by atoms with E-state index in [4.69, 9.17) is 21.1 Å². The smallest absolute Gasteiger partial charge is 0.183 e. The highest BCUT2D eigenvalue weighted by Crippen LogP contribution is 1.98. The Labute approximate surface area is 84.2 Å². The van der Waals surface area contributed by atoms with E-state index in [9.17, 15) is 0 Å². The highest BCUT2D eigenvalue weighted by Gasteiger charge is 2.00. The maximum Gasteiger partial charge on any atom is 0.183 e. The molecule has 12 heavy (non-hydrogen) atoms. The summed E-state index contributed by atoms with van der Waals surface area (Å²) in [4.78, 5) is 0. The number of hydrogen-bond donors (Lipinski definition) is 0. The van der Waals surface area contributed by atoms with Crippen LogP contribution in [0.4, 0.5) is 0 Å². The minimum atomic E-state index is -0.841. The Balaban J connectivity index is 3.21. The van der Waals surface area contributed by atoms with Gasteiger partial charge in [-0.15, -0.1) is 0 Å². The highest BCUT2D eigenvalue weighted by molar-refractivity contribution is 7.80. The minimum absolute atomic E-state index is 0.496. The lowest BCUT2D eigenvalue weighted by Gasteiger charge is -2.07. The monoisotopic (exact) mass is 220 g/mol. The molecule has 2 nitrogen and oxygen atoms in total. The first kappa shape index (κ1) is 12.0. The van der Waals surface area contributed by atoms with E-state index in [1.165, 1.54) is 6.04 Å². The molecule has 5 heteroatoms. The van der Waals surface area contributed by atoms with Crippen molar-refractivity contribution in [2.24, 2.45) is 0 Å². The summed E-state index contributed by atoms with van der Waals surface area (Å²) in [5.74, 6) is 0. The zero-order valence-electron chi connectivity index (χ0n) is 7.71. The van der Waals surface area contributed by atoms with Crippen LogP contribution in [0.2, 0.25) is 12.6 Å². The number of thiocarbonyl (C=S) groups is 1. The van der Waals surface area contributed by atoms with Crippen LogP contribution in [0.15, 0.2) is 12.7 Å². The molecule has 1 unspecified atom stereocenters. The molecule has 0 saturated heterocycles. The molecule has 0 rings (SSSR count). The Morgan fingerprint density at radius 1 is 1.75 bits per heavy atom. The standard InChI is InChI=1S/C7H16O2SSi2/c1-3-7(10)8-5-4-6-12(2)9-11/h3,12H,1,4-6H2,2,11H3. The van der Waals surface area contributed by atoms with Gasteiger partial charge in [0.05, 0.1) is 6.61 Å². The van der Waals surface area contributed by atoms with E-state index in [1.54, 1.807) is 6.08 Å². The van der Waals surface area contributed by atoms with Crippen LogP contribution in [0.3, 0.4) is 0 Å². The Kier molecular flexibility index (Phi) is 7.68. The van der Waals surface area contributed by atoms with Gasteiger partial charge in [-0.05, 0) is 37.3 Å². The van der Waals surface area contributed by atoms with E-state index in [2.05, 4.69) is 13.1 Å². The number of hydrogen-bond acceptors (Lipinski definition) is 3. The Morgan fingerprint density at radius 2 is 2.42 bits per heavy atom. The molecule has 70 valence electrons. The third kappa shape index (κ3) is 6.72. The van der Waals surface area contributed by atoms with E-state index in [0.717, 1.165) is 16.9 Å². The van der Waals surface area contributed by atoms with Crippen molar-refractivity contribution in [2.45, 2.75) is 19.0 Å². The molecule has 0 aliphatic rings. The SMILES string of the molecule is C=CC(=S)OCCC[SiH](C)O[SiH3]. The maximum absolute atomic E-state index is 5.35. The van der Waals surface area contributed by atoms with Crippen molar-refractivity contribution in [3.05, 3.63) is 12.7 Å². The summed E-state index contributed by atoms with van der Waals surface area (Å²) in [5, 5.41) is 0.496. The molecule has 0 aromatic carbocycles. The van der Waals surface area contributed by atoms with Gasteiger partial charge in [0, 0.05) is 0 Å². The van der Waals surface area contributed by atoms with Gasteiger partial charge >= 0.3 is 0 Å². The van der Waals surface area contributed by atoms with Gasteiger partial charge in [0.15, 0.2) is 14.1 Å². The van der Waals surface area contributed by atoms with Crippen molar-refractivity contribution >= 4 is 36.8 Å². The van der Waals surface area contributed by atoms with Gasteiger partial charge in [-0.1, -0.05) is 6.58 Å². The largest absolute Gasteiger partial charge is 0.483 e. The zero-order chi connectivity index (χ0) is 9.40. The van der Waals surface area contributed by atoms with Crippen LogP contribution in [0.5, 0.6) is 0 Å². The van der Waals surface area contributed by atoms with E-state index in [1.807, 2.05) is 0 Å². The second-order valence-electron chi connectivity index (χ2n) is 2.56. The van der Waals surface area contributed by atoms with Crippen molar-refractivity contribution in [1.29, 1.82) is 0 Å². The average molecular weight is 220 g/mol. The lowest BCUT2D eigenvalue weighted by Crippen LogP contribution is -2.12. The molecule has 0 aliphatic carbocycles. The molecule has 0 aliphatic heterocycles. The van der Waals surface area contributed by atoms with E-state index < -0.39 is 9.04 Å². The first-order valence-corrected chi connectivity index (χ1v) is 7.69. The lowest BCUT2D eigenvalue weighted by atomic mass is 10.5. The fraction of sp³-hybridized carbons (Fsp3) is 0.571. The third-order valence-electron chi connectivity index (χ3n) is 1.57. The molecule has 0 radical (unpaired) electrons. The topological polar surface area (TPSA) is 18.5 Å². The fourth-order valence-corrected chi connectivity index (χ4v) is 2.49. The summed E-state index contributed by atoms with van der Waals surface area (Å²) >= 11 is 4.81. The van der Waals surface area contributed by atoms with Gasteiger partial charge in [-0.25, -0.2) is 0 Å². The second-order valence-corrected chi connectivity index (χ2v) is 7.05. The summed E-state index contributed by atoms with van der Waals surface area (Å²) in [6.45, 7) is 6.42. The van der Waals surface area contributed by atoms with Crippen LogP contribution in [0.25, 0.3) is 0 Å². The minimum Gasteiger partial charge on any atom is -0.483 e. The van der Waals surface area contributed by atoms with Crippen LogP contribution in [0, 0.1) is 0 Å². The molecule has 0 N–H and O–H groups in total. The van der Waals surface area contributed by atoms with Gasteiger partial charge in [-0.2, -0.15) is 0 Å². The molecule has 0 saturated carbocycles. The predicted molar refractivity (Wildman–Crippen MR) is 62.2 cm³/mol. The predicted octanol–water partition coefficient (Wildman–Crippen LogP) is 0.557. The van der Waals surface area contributed by atoms with E-state index >= 15 is 0 Å². The summed E-state index contributed by atoms with van der Waals surface area (Å²) in [6.07, 6.45) is 2.60. The van der Waals surface area contributed by atoms with Gasteiger partial charge in [-0.3, -0.25) is 0 Å². The van der Waals surface area contributed by atoms with Gasteiger partial charge in [0.25, 0.3) is 0 Å². The number of rotatable bonds is 6. The van der Waals surface area contributed by atoms with Crippen LogP contribution < -0.4 is 0 Å². The molecule has 0 bridgehead atoms. The third-order valence-corrected chi connectivity index (χ3v) is 6.29. The van der Waals surface area contributed by atoms with E-state index in [0.29, 0.717) is 11.7 Å². The summed E-state index contributed by atoms with van der Waals surface area (Å²) < 4.78 is 10.5. The summed E-state index contributed by atoms with van der Waals surface area (Å²) in [6, 6.07) is 1.17. The normalized spacial score (nSPS) is 12.4. The molecule has 1 atom stereocenters. The Bertz CT molecular complexity index is 152. The molecular formula is C7H16O2SSi2. The van der Waals surface area contributed by atoms with Crippen LogP contribution in [-0.4, -0.2) is 31.2 Å². The van der Waals surface area contributed by atoms with Crippen molar-refractivity contribution < 1.29 is 8.85 Å². The average Bonchev–Trinajstić information content (AvgIpc) is 2.11. The Hall–Kier alpha value is 0.0238. The van der Waals surface area contributed by atoms with Crippen LogP contribution in [-0.2, 0) is 8.85 Å². The lowest BCUT2D eigenvalue weighted by molar-refractivity contribution is 0.314. The molecule has 0 heterocycles. The van der Waals surface area contributed by atoms with Crippen molar-refractivity contribution in [3.8, 4) is 0 Å². The van der Waals surface area contributed by atoms with Gasteiger partial charge in [0.2, 0.25) is 0 Å². The zero-order valence-corrected chi connectivity index (χ0v) is 11.7. The fourth-order valence-electron chi connectivity index (χ4n) is 0.720. The number of ether oxygens (including phenoxy) is 1. The van der Waals surface area contributed by atoms with Crippen molar-refractivity contribution in [2.75, 3.05) is 6.61 Å². The van der Waals surface area contributed by atoms with Crippen molar-refractivity contribution in [1.82, 2.24) is 0 Å². The first-order valence-electron chi connectivity index (χ1n) is 4.02. The molecule has 0 spiro atoms. The van der Waals surface area contributed by atoms with Gasteiger partial charge < -0.3 is 8.85 Å². The van der Waals surface area contributed by atoms with E-state index in [-0.39, 0.29) is 0 Å². The summed E-state index contributed by atoms with van der Waals surface area (Å²) in [5.41, 5.74) is 0. The second kappa shape index (κ2) is 7.66. The van der Waals surface area contributed by atoms with Gasteiger partial charge in [0.1, 0.15) is 10.5 Å². The quantitative estimate of drug-likeness (QED) is 0.282. The molecular weight excluding hydrogens is 204 g/mol. The van der Waals surface area contributed by atoms with Crippen molar-refractivity contribution in [3.63, 3.8) is 0 Å². The molecule has 0 amide bonds. The molecule has 0 aromatic rings. The molecule has 0 fully saturated rings. The van der Waals surface area contributed by atoms with Crippen LogP contribution in [0.1, 0.15) is 6.42 Å². The summed E-state index contributed by atoms with van der Waals surface area (Å²) in [7, 11) is 0.0268. The molecule has 0 aromatic heterocycles. The van der Waals surface area contributed by atoms with Crippen LogP contribution >= 0.6 is 12.2 Å². The maximum atomic E-state index is 5.35.